The second-order valence-corrected chi connectivity index (χ2v) is 10.8. The molecule has 10 heteroatoms. The van der Waals surface area contributed by atoms with Crippen molar-refractivity contribution in [2.75, 3.05) is 0 Å². The molecule has 0 aliphatic heterocycles. The molecule has 0 amide bonds. The topological polar surface area (TPSA) is 112 Å². The molecule has 0 fully saturated rings. The Bertz CT molecular complexity index is 1430. The average Bonchev–Trinajstić information content (AvgIpc) is 3.48. The molecule has 0 spiro atoms. The summed E-state index contributed by atoms with van der Waals surface area (Å²) in [6, 6.07) is 0. The first-order valence-corrected chi connectivity index (χ1v) is 12.0. The average molecular weight is 489 g/mol. The summed E-state index contributed by atoms with van der Waals surface area (Å²) < 4.78 is 0. The van der Waals surface area contributed by atoms with E-state index in [1.807, 2.05) is 0 Å². The molecule has 6 rings (SSSR count). The quantitative estimate of drug-likeness (QED) is 0.373. The molecule has 2 aromatic rings. The van der Waals surface area contributed by atoms with Crippen LogP contribution >= 0.6 is 22.7 Å². The zero-order valence-electron chi connectivity index (χ0n) is 18.0. The molecular weight excluding hydrogens is 472 g/mol. The van der Waals surface area contributed by atoms with Crippen molar-refractivity contribution in [2.24, 2.45) is 10.8 Å². The van der Waals surface area contributed by atoms with Gasteiger partial charge in [-0.25, -0.2) is 9.97 Å². The minimum Gasteiger partial charge on any atom is -0.257 e. The van der Waals surface area contributed by atoms with E-state index in [9.17, 15) is 20.2 Å². The molecule has 0 saturated heterocycles. The van der Waals surface area contributed by atoms with Crippen LogP contribution in [0.15, 0.2) is 83.3 Å². The molecule has 0 aromatic carbocycles. The number of nitrogens with zero attached hydrogens (tertiary/aromatic N) is 4. The zero-order chi connectivity index (χ0) is 23.8. The lowest BCUT2D eigenvalue weighted by Gasteiger charge is -2.56. The SMILES string of the molecule is CC12C3=CC=C4C=C(c5ncc([N+](=O)[O-])s5)C=C(C=CC1=CC(c1ncc([N+](=O)[O-])s1)=C3)C42C. The normalized spacial score (nSPS) is 26.4. The Morgan fingerprint density at radius 2 is 1.12 bits per heavy atom. The van der Waals surface area contributed by atoms with Gasteiger partial charge in [-0.05, 0) is 69.3 Å². The van der Waals surface area contributed by atoms with Gasteiger partial charge in [0.05, 0.1) is 9.85 Å². The molecule has 0 saturated carbocycles. The summed E-state index contributed by atoms with van der Waals surface area (Å²) >= 11 is 2.14. The first-order valence-electron chi connectivity index (χ1n) is 10.4. The van der Waals surface area contributed by atoms with Crippen molar-refractivity contribution in [1.29, 1.82) is 0 Å². The lowest BCUT2D eigenvalue weighted by Crippen LogP contribution is -2.47. The molecule has 8 nitrogen and oxygen atoms in total. The van der Waals surface area contributed by atoms with E-state index in [4.69, 9.17) is 0 Å². The van der Waals surface area contributed by atoms with Crippen molar-refractivity contribution in [1.82, 2.24) is 9.97 Å². The summed E-state index contributed by atoms with van der Waals surface area (Å²) in [7, 11) is 0. The largest absolute Gasteiger partial charge is 0.344 e. The maximum absolute atomic E-state index is 11.1. The van der Waals surface area contributed by atoms with Gasteiger partial charge in [-0.1, -0.05) is 38.2 Å². The smallest absolute Gasteiger partial charge is 0.257 e. The van der Waals surface area contributed by atoms with E-state index in [0.717, 1.165) is 56.1 Å². The maximum Gasteiger partial charge on any atom is 0.344 e. The van der Waals surface area contributed by atoms with Crippen LogP contribution < -0.4 is 0 Å². The molecule has 2 atom stereocenters. The van der Waals surface area contributed by atoms with E-state index in [1.165, 1.54) is 12.4 Å². The second-order valence-electron chi connectivity index (χ2n) is 8.75. The lowest BCUT2D eigenvalue weighted by atomic mass is 9.46. The van der Waals surface area contributed by atoms with Crippen molar-refractivity contribution in [3.8, 4) is 0 Å². The Hall–Kier alpha value is -3.76. The Balaban J connectivity index is 1.50. The van der Waals surface area contributed by atoms with E-state index in [1.54, 1.807) is 0 Å². The van der Waals surface area contributed by atoms with E-state index < -0.39 is 9.85 Å². The predicted molar refractivity (Wildman–Crippen MR) is 131 cm³/mol. The van der Waals surface area contributed by atoms with Gasteiger partial charge in [0.2, 0.25) is 0 Å². The molecule has 0 N–H and O–H groups in total. The number of aromatic nitrogens is 2. The third kappa shape index (κ3) is 2.63. The van der Waals surface area contributed by atoms with Crippen LogP contribution in [0.25, 0.3) is 11.1 Å². The number of thiazole rings is 2. The summed E-state index contributed by atoms with van der Waals surface area (Å²) in [6.07, 6.45) is 19.3. The van der Waals surface area contributed by atoms with Crippen molar-refractivity contribution < 1.29 is 9.85 Å². The van der Waals surface area contributed by atoms with Gasteiger partial charge >= 0.3 is 10.0 Å². The molecule has 168 valence electrons. The minimum atomic E-state index is -0.418. The molecule has 4 aliphatic rings. The summed E-state index contributed by atoms with van der Waals surface area (Å²) in [5.41, 5.74) is 5.47. The van der Waals surface area contributed by atoms with E-state index in [0.29, 0.717) is 10.0 Å². The molecule has 0 bridgehead atoms. The summed E-state index contributed by atoms with van der Waals surface area (Å²) in [5, 5.41) is 23.5. The Kier molecular flexibility index (Phi) is 4.21. The van der Waals surface area contributed by atoms with Gasteiger partial charge in [0.25, 0.3) is 0 Å². The highest BCUT2D eigenvalue weighted by atomic mass is 32.1. The van der Waals surface area contributed by atoms with Crippen molar-refractivity contribution in [2.45, 2.75) is 13.8 Å². The van der Waals surface area contributed by atoms with Crippen LogP contribution in [0.4, 0.5) is 10.0 Å². The standard InChI is InChI=1S/C24H16N4O4S2/c1-23-15-3-5-17-9-14(22-26-12-20(34-22)28(31)32)10-18(24(17,23)2)6-4-16(23)8-13(7-15)21-25-11-19(33-21)27(29)30/h3-12H,1-2H3. The molecule has 2 unspecified atom stereocenters. The van der Waals surface area contributed by atoms with Gasteiger partial charge in [-0.15, -0.1) is 0 Å². The van der Waals surface area contributed by atoms with E-state index >= 15 is 0 Å². The molecule has 2 heterocycles. The molecule has 0 radical (unpaired) electrons. The fraction of sp³-hybridized carbons (Fsp3) is 0.167. The minimum absolute atomic E-state index is 0.0196. The van der Waals surface area contributed by atoms with Crippen LogP contribution in [0, 0.1) is 31.1 Å². The third-order valence-electron chi connectivity index (χ3n) is 7.28. The highest BCUT2D eigenvalue weighted by Gasteiger charge is 2.56. The number of hydrogen-bond donors (Lipinski definition) is 0. The molecule has 4 aliphatic carbocycles. The summed E-state index contributed by atoms with van der Waals surface area (Å²) in [6.45, 7) is 4.44. The Morgan fingerprint density at radius 1 is 0.706 bits per heavy atom. The number of nitro groups is 2. The van der Waals surface area contributed by atoms with Gasteiger partial charge in [-0.3, -0.25) is 20.2 Å². The fourth-order valence-corrected chi connectivity index (χ4v) is 6.69. The number of hydrogen-bond acceptors (Lipinski definition) is 8. The molecule has 2 aromatic heterocycles. The molecular formula is C24H16N4O4S2. The van der Waals surface area contributed by atoms with Crippen LogP contribution in [0.5, 0.6) is 0 Å². The van der Waals surface area contributed by atoms with Crippen molar-refractivity contribution in [3.05, 3.63) is 114 Å². The first-order chi connectivity index (χ1) is 16.2. The van der Waals surface area contributed by atoms with Gasteiger partial charge in [0, 0.05) is 22.0 Å². The van der Waals surface area contributed by atoms with E-state index in [-0.39, 0.29) is 20.8 Å². The zero-order valence-corrected chi connectivity index (χ0v) is 19.6. The van der Waals surface area contributed by atoms with Gasteiger partial charge in [0.1, 0.15) is 22.4 Å². The van der Waals surface area contributed by atoms with E-state index in [2.05, 4.69) is 72.4 Å². The second kappa shape index (κ2) is 6.87. The fourth-order valence-electron chi connectivity index (χ4n) is 5.25. The van der Waals surface area contributed by atoms with Crippen LogP contribution in [0.2, 0.25) is 0 Å². The number of allylic oxidation sites excluding steroid dienone is 14. The maximum atomic E-state index is 11.1. The van der Waals surface area contributed by atoms with Crippen molar-refractivity contribution >= 4 is 43.8 Å². The lowest BCUT2D eigenvalue weighted by molar-refractivity contribution is -0.380. The highest BCUT2D eigenvalue weighted by molar-refractivity contribution is 7.16. The van der Waals surface area contributed by atoms with Crippen LogP contribution in [-0.2, 0) is 0 Å². The highest BCUT2D eigenvalue weighted by Crippen LogP contribution is 2.66. The number of rotatable bonds is 4. The Labute approximate surface area is 201 Å². The predicted octanol–water partition coefficient (Wildman–Crippen LogP) is 6.21. The van der Waals surface area contributed by atoms with Crippen molar-refractivity contribution in [3.63, 3.8) is 0 Å². The van der Waals surface area contributed by atoms with Crippen LogP contribution in [-0.4, -0.2) is 19.8 Å². The summed E-state index contributed by atoms with van der Waals surface area (Å²) in [4.78, 5) is 30.0. The Morgan fingerprint density at radius 3 is 1.47 bits per heavy atom. The third-order valence-corrected chi connectivity index (χ3v) is 9.28. The molecule has 34 heavy (non-hydrogen) atoms. The monoisotopic (exact) mass is 488 g/mol. The van der Waals surface area contributed by atoms with Gasteiger partial charge in [0.15, 0.2) is 0 Å². The van der Waals surface area contributed by atoms with Gasteiger partial charge in [-0.2, -0.15) is 0 Å². The first kappa shape index (κ1) is 20.8. The van der Waals surface area contributed by atoms with Crippen LogP contribution in [0.3, 0.4) is 0 Å². The summed E-state index contributed by atoms with van der Waals surface area (Å²) in [5.74, 6) is 0. The van der Waals surface area contributed by atoms with Gasteiger partial charge < -0.3 is 0 Å². The van der Waals surface area contributed by atoms with Crippen LogP contribution in [0.1, 0.15) is 23.9 Å².